The summed E-state index contributed by atoms with van der Waals surface area (Å²) in [6.45, 7) is 11.5. The molecule has 0 bridgehead atoms. The van der Waals surface area contributed by atoms with E-state index in [0.717, 1.165) is 41.3 Å². The highest BCUT2D eigenvalue weighted by atomic mass is 16.5. The van der Waals surface area contributed by atoms with E-state index in [1.165, 1.54) is 0 Å². The van der Waals surface area contributed by atoms with Crippen molar-refractivity contribution < 1.29 is 14.3 Å². The molecule has 31 heavy (non-hydrogen) atoms. The number of hydrogen-bond donors (Lipinski definition) is 2. The molecule has 1 aromatic heterocycles. The second-order valence-corrected chi connectivity index (χ2v) is 8.25. The highest BCUT2D eigenvalue weighted by Gasteiger charge is 2.40. The maximum absolute atomic E-state index is 11.8. The Labute approximate surface area is 183 Å². The van der Waals surface area contributed by atoms with Gasteiger partial charge in [0, 0.05) is 29.9 Å². The van der Waals surface area contributed by atoms with E-state index < -0.39 is 5.60 Å². The zero-order chi connectivity index (χ0) is 22.0. The molecule has 2 aliphatic rings. The van der Waals surface area contributed by atoms with Crippen LogP contribution in [-0.4, -0.2) is 48.3 Å². The molecule has 1 fully saturated rings. The monoisotopic (exact) mass is 425 g/mol. The Morgan fingerprint density at radius 2 is 2.03 bits per heavy atom. The smallest absolute Gasteiger partial charge is 0.319 e. The molecule has 0 radical (unpaired) electrons. The minimum atomic E-state index is -0.420. The number of urea groups is 1. The van der Waals surface area contributed by atoms with Crippen molar-refractivity contribution in [1.82, 2.24) is 15.3 Å². The second-order valence-electron chi connectivity index (χ2n) is 8.25. The molecular formula is C23H31N5O3. The molecule has 166 valence electrons. The summed E-state index contributed by atoms with van der Waals surface area (Å²) in [5, 5.41) is 5.55. The number of anilines is 2. The van der Waals surface area contributed by atoms with Gasteiger partial charge in [-0.25, -0.2) is 14.8 Å². The molecule has 3 heterocycles. The maximum atomic E-state index is 11.8. The number of hydrogen-bond acceptors (Lipinski definition) is 6. The molecule has 1 saturated heterocycles. The number of morpholine rings is 1. The van der Waals surface area contributed by atoms with Crippen molar-refractivity contribution in [3.05, 3.63) is 35.5 Å². The maximum Gasteiger partial charge on any atom is 0.319 e. The lowest BCUT2D eigenvalue weighted by atomic mass is 9.97. The first-order chi connectivity index (χ1) is 14.9. The minimum Gasteiger partial charge on any atom is -0.377 e. The van der Waals surface area contributed by atoms with Crippen LogP contribution in [0.2, 0.25) is 0 Å². The lowest BCUT2D eigenvalue weighted by Crippen LogP contribution is -2.44. The third kappa shape index (κ3) is 4.22. The molecule has 0 aliphatic carbocycles. The van der Waals surface area contributed by atoms with Crippen molar-refractivity contribution in [2.45, 2.75) is 52.4 Å². The summed E-state index contributed by atoms with van der Waals surface area (Å²) < 4.78 is 11.8. The SMILES string of the molecule is CCNC(=O)Nc1ccc(-c2nc(N3CCOCC3C)c3c(n2)C(C)(CC)OC3)cc1. The number of amides is 2. The van der Waals surface area contributed by atoms with Gasteiger partial charge in [0.2, 0.25) is 0 Å². The lowest BCUT2D eigenvalue weighted by molar-refractivity contribution is -0.0281. The second kappa shape index (κ2) is 8.80. The molecule has 2 amide bonds. The lowest BCUT2D eigenvalue weighted by Gasteiger charge is -2.35. The Morgan fingerprint density at radius 1 is 1.26 bits per heavy atom. The average Bonchev–Trinajstić information content (AvgIpc) is 3.12. The third-order valence-corrected chi connectivity index (χ3v) is 6.07. The van der Waals surface area contributed by atoms with Gasteiger partial charge in [0.15, 0.2) is 5.82 Å². The quantitative estimate of drug-likeness (QED) is 0.760. The Morgan fingerprint density at radius 3 is 2.71 bits per heavy atom. The molecule has 8 heteroatoms. The third-order valence-electron chi connectivity index (χ3n) is 6.07. The van der Waals surface area contributed by atoms with Gasteiger partial charge in [0.25, 0.3) is 0 Å². The minimum absolute atomic E-state index is 0.219. The van der Waals surface area contributed by atoms with Crippen molar-refractivity contribution in [2.24, 2.45) is 0 Å². The summed E-state index contributed by atoms with van der Waals surface area (Å²) in [5.74, 6) is 1.61. The van der Waals surface area contributed by atoms with E-state index >= 15 is 0 Å². The van der Waals surface area contributed by atoms with Crippen LogP contribution in [-0.2, 0) is 21.7 Å². The van der Waals surface area contributed by atoms with Crippen LogP contribution in [0.3, 0.4) is 0 Å². The zero-order valence-electron chi connectivity index (χ0n) is 18.7. The van der Waals surface area contributed by atoms with E-state index in [-0.39, 0.29) is 12.1 Å². The molecule has 1 aromatic carbocycles. The van der Waals surface area contributed by atoms with Crippen LogP contribution >= 0.6 is 0 Å². The van der Waals surface area contributed by atoms with Gasteiger partial charge in [-0.1, -0.05) is 6.92 Å². The number of rotatable bonds is 5. The zero-order valence-corrected chi connectivity index (χ0v) is 18.7. The van der Waals surface area contributed by atoms with E-state index in [9.17, 15) is 4.79 Å². The predicted octanol–water partition coefficient (Wildman–Crippen LogP) is 3.67. The molecule has 2 atom stereocenters. The summed E-state index contributed by atoms with van der Waals surface area (Å²) in [7, 11) is 0. The van der Waals surface area contributed by atoms with Crippen LogP contribution in [0.15, 0.2) is 24.3 Å². The Balaban J connectivity index is 1.72. The molecular weight excluding hydrogens is 394 g/mol. The van der Waals surface area contributed by atoms with Crippen LogP contribution in [0.5, 0.6) is 0 Å². The number of carbonyl (C=O) groups excluding carboxylic acids is 1. The Hall–Kier alpha value is -2.71. The fourth-order valence-electron chi connectivity index (χ4n) is 4.06. The van der Waals surface area contributed by atoms with E-state index in [0.29, 0.717) is 32.2 Å². The summed E-state index contributed by atoms with van der Waals surface area (Å²) >= 11 is 0. The van der Waals surface area contributed by atoms with Crippen molar-refractivity contribution in [3.63, 3.8) is 0 Å². The first kappa shape index (κ1) is 21.5. The van der Waals surface area contributed by atoms with Gasteiger partial charge in [-0.05, 0) is 51.5 Å². The van der Waals surface area contributed by atoms with Gasteiger partial charge < -0.3 is 25.0 Å². The molecule has 4 rings (SSSR count). The number of benzene rings is 1. The summed E-state index contributed by atoms with van der Waals surface area (Å²) in [6, 6.07) is 7.63. The number of fused-ring (bicyclic) bond motifs is 1. The van der Waals surface area contributed by atoms with E-state index in [4.69, 9.17) is 19.4 Å². The van der Waals surface area contributed by atoms with Gasteiger partial charge >= 0.3 is 6.03 Å². The van der Waals surface area contributed by atoms with E-state index in [1.54, 1.807) is 0 Å². The van der Waals surface area contributed by atoms with Crippen LogP contribution in [0.4, 0.5) is 16.3 Å². The van der Waals surface area contributed by atoms with E-state index in [2.05, 4.69) is 36.3 Å². The number of nitrogens with one attached hydrogen (secondary N) is 2. The highest BCUT2D eigenvalue weighted by molar-refractivity contribution is 5.89. The normalized spacial score (nSPS) is 22.8. The van der Waals surface area contributed by atoms with Crippen molar-refractivity contribution in [1.29, 1.82) is 0 Å². The summed E-state index contributed by atoms with van der Waals surface area (Å²) in [5.41, 5.74) is 3.25. The number of ether oxygens (including phenoxy) is 2. The summed E-state index contributed by atoms with van der Waals surface area (Å²) in [6.07, 6.45) is 0.837. The molecule has 0 saturated carbocycles. The van der Waals surface area contributed by atoms with Gasteiger partial charge in [-0.2, -0.15) is 0 Å². The number of carbonyl (C=O) groups is 1. The molecule has 2 aromatic rings. The van der Waals surface area contributed by atoms with E-state index in [1.807, 2.05) is 31.2 Å². The Bertz CT molecular complexity index is 949. The highest BCUT2D eigenvalue weighted by Crippen LogP contribution is 2.42. The fourth-order valence-corrected chi connectivity index (χ4v) is 4.06. The largest absolute Gasteiger partial charge is 0.377 e. The van der Waals surface area contributed by atoms with Gasteiger partial charge in [-0.3, -0.25) is 0 Å². The molecule has 0 spiro atoms. The predicted molar refractivity (Wildman–Crippen MR) is 120 cm³/mol. The Kier molecular flexibility index (Phi) is 6.11. The van der Waals surface area contributed by atoms with Crippen molar-refractivity contribution in [2.75, 3.05) is 36.5 Å². The van der Waals surface area contributed by atoms with Crippen LogP contribution in [0.25, 0.3) is 11.4 Å². The first-order valence-corrected chi connectivity index (χ1v) is 11.0. The molecule has 2 unspecified atom stereocenters. The van der Waals surface area contributed by atoms with Gasteiger partial charge in [-0.15, -0.1) is 0 Å². The number of aromatic nitrogens is 2. The molecule has 8 nitrogen and oxygen atoms in total. The summed E-state index contributed by atoms with van der Waals surface area (Å²) in [4.78, 5) is 24.0. The fraction of sp³-hybridized carbons (Fsp3) is 0.522. The van der Waals surface area contributed by atoms with Crippen LogP contribution in [0, 0.1) is 0 Å². The first-order valence-electron chi connectivity index (χ1n) is 11.0. The average molecular weight is 426 g/mol. The van der Waals surface area contributed by atoms with Crippen LogP contribution < -0.4 is 15.5 Å². The van der Waals surface area contributed by atoms with Gasteiger partial charge in [0.1, 0.15) is 11.4 Å². The molecule has 2 aliphatic heterocycles. The van der Waals surface area contributed by atoms with Gasteiger partial charge in [0.05, 0.1) is 31.6 Å². The number of nitrogens with zero attached hydrogens (tertiary/aromatic N) is 3. The molecule has 2 N–H and O–H groups in total. The topological polar surface area (TPSA) is 88.6 Å². The van der Waals surface area contributed by atoms with Crippen molar-refractivity contribution >= 4 is 17.5 Å². The van der Waals surface area contributed by atoms with Crippen LogP contribution in [0.1, 0.15) is 45.4 Å². The van der Waals surface area contributed by atoms with Crippen molar-refractivity contribution in [3.8, 4) is 11.4 Å². The standard InChI is InChI=1S/C23H31N5O3/c1-5-23(4)19-18(14-31-23)21(28-11-12-30-13-15(28)3)27-20(26-19)16-7-9-17(10-8-16)25-22(29)24-6-2/h7-10,15H,5-6,11-14H2,1-4H3,(H2,24,25,29).